The van der Waals surface area contributed by atoms with Gasteiger partial charge in [0.25, 0.3) is 5.56 Å². The summed E-state index contributed by atoms with van der Waals surface area (Å²) in [4.78, 5) is 14.0. The molecule has 1 aliphatic heterocycles. The van der Waals surface area contributed by atoms with Gasteiger partial charge >= 0.3 is 0 Å². The van der Waals surface area contributed by atoms with Crippen molar-refractivity contribution >= 4 is 5.69 Å². The maximum atomic E-state index is 11.9. The second-order valence-electron chi connectivity index (χ2n) is 4.63. The molecule has 1 aromatic heterocycles. The summed E-state index contributed by atoms with van der Waals surface area (Å²) < 4.78 is 6.71. The zero-order valence-electron chi connectivity index (χ0n) is 11.1. The van der Waals surface area contributed by atoms with Gasteiger partial charge in [-0.3, -0.25) is 4.79 Å². The average molecular weight is 262 g/mol. The molecular weight excluding hydrogens is 244 g/mol. The Morgan fingerprint density at radius 1 is 1.63 bits per heavy atom. The monoisotopic (exact) mass is 262 g/mol. The van der Waals surface area contributed by atoms with Crippen molar-refractivity contribution in [2.45, 2.75) is 31.9 Å². The molecule has 2 heterocycles. The van der Waals surface area contributed by atoms with Crippen LogP contribution in [0.25, 0.3) is 0 Å². The normalized spacial score (nSPS) is 18.5. The molecule has 1 fully saturated rings. The molecule has 0 bridgehead atoms. The molecule has 0 amide bonds. The van der Waals surface area contributed by atoms with Crippen molar-refractivity contribution in [1.82, 2.24) is 9.78 Å². The van der Waals surface area contributed by atoms with E-state index in [1.165, 1.54) is 4.68 Å². The number of ether oxygens (including phenoxy) is 1. The van der Waals surface area contributed by atoms with E-state index in [1.807, 2.05) is 0 Å². The predicted molar refractivity (Wildman–Crippen MR) is 71.0 cm³/mol. The number of anilines is 1. The van der Waals surface area contributed by atoms with Gasteiger partial charge in [-0.15, -0.1) is 0 Å². The number of hydrogen-bond donors (Lipinski definition) is 0. The van der Waals surface area contributed by atoms with Crippen molar-refractivity contribution in [2.24, 2.45) is 0 Å². The Kier molecular flexibility index (Phi) is 4.53. The van der Waals surface area contributed by atoms with Crippen LogP contribution in [0.15, 0.2) is 17.1 Å². The van der Waals surface area contributed by atoms with E-state index in [-0.39, 0.29) is 11.7 Å². The van der Waals surface area contributed by atoms with Gasteiger partial charge < -0.3 is 9.64 Å². The van der Waals surface area contributed by atoms with Crippen LogP contribution in [0.3, 0.4) is 0 Å². The van der Waals surface area contributed by atoms with Crippen LogP contribution in [0.5, 0.6) is 0 Å². The Morgan fingerprint density at radius 2 is 2.47 bits per heavy atom. The Bertz CT molecular complexity index is 520. The summed E-state index contributed by atoms with van der Waals surface area (Å²) in [6.45, 7) is 2.18. The average Bonchev–Trinajstić information content (AvgIpc) is 2.89. The highest BCUT2D eigenvalue weighted by Gasteiger charge is 2.22. The largest absolute Gasteiger partial charge is 0.380 e. The minimum Gasteiger partial charge on any atom is -0.380 e. The van der Waals surface area contributed by atoms with Gasteiger partial charge in [-0.05, 0) is 12.8 Å². The van der Waals surface area contributed by atoms with E-state index in [2.05, 4.69) is 16.1 Å². The highest BCUT2D eigenvalue weighted by atomic mass is 16.5. The number of methoxy groups -OCH3 is 1. The molecule has 1 unspecified atom stereocenters. The van der Waals surface area contributed by atoms with Crippen LogP contribution in [0.2, 0.25) is 0 Å². The number of aromatic nitrogens is 2. The van der Waals surface area contributed by atoms with Crippen LogP contribution < -0.4 is 10.5 Å². The fraction of sp³-hybridized carbons (Fsp3) is 0.615. The summed E-state index contributed by atoms with van der Waals surface area (Å²) in [5.41, 5.74) is 0.734. The zero-order valence-corrected chi connectivity index (χ0v) is 11.1. The Hall–Kier alpha value is -1.87. The van der Waals surface area contributed by atoms with Crippen LogP contribution in [-0.2, 0) is 11.3 Å². The topological polar surface area (TPSA) is 71.2 Å². The second-order valence-corrected chi connectivity index (χ2v) is 4.63. The summed E-state index contributed by atoms with van der Waals surface area (Å²) in [5, 5.41) is 12.6. The second kappa shape index (κ2) is 6.34. The molecule has 102 valence electrons. The molecule has 0 N–H and O–H groups in total. The predicted octanol–water partition coefficient (Wildman–Crippen LogP) is 0.772. The SMILES string of the molecule is COC1CCN(c2cnn(CCCC#N)c(=O)c2)C1. The lowest BCUT2D eigenvalue weighted by atomic mass is 10.3. The molecular formula is C13H18N4O2. The maximum Gasteiger partial charge on any atom is 0.268 e. The molecule has 0 saturated carbocycles. The van der Waals surface area contributed by atoms with E-state index in [1.54, 1.807) is 19.4 Å². The standard InChI is InChI=1S/C13H18N4O2/c1-19-12-4-7-16(10-12)11-8-13(18)17(15-9-11)6-3-2-5-14/h8-9,12H,2-4,6-7,10H2,1H3. The zero-order chi connectivity index (χ0) is 13.7. The van der Waals surface area contributed by atoms with Crippen molar-refractivity contribution in [3.05, 3.63) is 22.6 Å². The third-order valence-electron chi connectivity index (χ3n) is 3.36. The molecule has 1 aliphatic rings. The lowest BCUT2D eigenvalue weighted by molar-refractivity contribution is 0.121. The summed E-state index contributed by atoms with van der Waals surface area (Å²) in [6.07, 6.45) is 4.02. The minimum absolute atomic E-state index is 0.115. The van der Waals surface area contributed by atoms with E-state index in [0.29, 0.717) is 19.4 Å². The van der Waals surface area contributed by atoms with E-state index in [4.69, 9.17) is 10.00 Å². The number of nitrogens with zero attached hydrogens (tertiary/aromatic N) is 4. The molecule has 0 aromatic carbocycles. The first-order valence-corrected chi connectivity index (χ1v) is 6.46. The number of hydrogen-bond acceptors (Lipinski definition) is 5. The van der Waals surface area contributed by atoms with Crippen LogP contribution in [-0.4, -0.2) is 36.1 Å². The third kappa shape index (κ3) is 3.32. The molecule has 1 aromatic rings. The first-order chi connectivity index (χ1) is 9.24. The minimum atomic E-state index is -0.115. The lowest BCUT2D eigenvalue weighted by Gasteiger charge is -2.17. The Balaban J connectivity index is 2.03. The molecule has 0 radical (unpaired) electrons. The smallest absolute Gasteiger partial charge is 0.268 e. The van der Waals surface area contributed by atoms with Crippen LogP contribution >= 0.6 is 0 Å². The highest BCUT2D eigenvalue weighted by Crippen LogP contribution is 2.19. The summed E-state index contributed by atoms with van der Waals surface area (Å²) in [7, 11) is 1.71. The van der Waals surface area contributed by atoms with Gasteiger partial charge in [0, 0.05) is 39.2 Å². The van der Waals surface area contributed by atoms with Crippen LogP contribution in [0.4, 0.5) is 5.69 Å². The Morgan fingerprint density at radius 3 is 3.11 bits per heavy atom. The van der Waals surface area contributed by atoms with Gasteiger partial charge in [-0.25, -0.2) is 4.68 Å². The summed E-state index contributed by atoms with van der Waals surface area (Å²) >= 11 is 0. The number of nitriles is 1. The molecule has 0 aliphatic carbocycles. The molecule has 19 heavy (non-hydrogen) atoms. The summed E-state index contributed by atoms with van der Waals surface area (Å²) in [6, 6.07) is 3.67. The molecule has 6 heteroatoms. The van der Waals surface area contributed by atoms with Gasteiger partial charge in [0.15, 0.2) is 0 Å². The highest BCUT2D eigenvalue weighted by molar-refractivity contribution is 5.44. The van der Waals surface area contributed by atoms with E-state index in [0.717, 1.165) is 25.2 Å². The van der Waals surface area contributed by atoms with Gasteiger partial charge in [0.05, 0.1) is 24.1 Å². The molecule has 0 spiro atoms. The number of aryl methyl sites for hydroxylation is 1. The summed E-state index contributed by atoms with van der Waals surface area (Å²) in [5.74, 6) is 0. The lowest BCUT2D eigenvalue weighted by Crippen LogP contribution is -2.27. The quantitative estimate of drug-likeness (QED) is 0.733. The first kappa shape index (κ1) is 13.6. The van der Waals surface area contributed by atoms with E-state index < -0.39 is 0 Å². The fourth-order valence-corrected chi connectivity index (χ4v) is 2.23. The molecule has 1 saturated heterocycles. The number of rotatable bonds is 5. The van der Waals surface area contributed by atoms with Gasteiger partial charge in [-0.2, -0.15) is 10.4 Å². The number of unbranched alkanes of at least 4 members (excludes halogenated alkanes) is 1. The van der Waals surface area contributed by atoms with Crippen LogP contribution in [0.1, 0.15) is 19.3 Å². The van der Waals surface area contributed by atoms with Crippen molar-refractivity contribution in [2.75, 3.05) is 25.1 Å². The van der Waals surface area contributed by atoms with Crippen molar-refractivity contribution in [3.8, 4) is 6.07 Å². The van der Waals surface area contributed by atoms with E-state index in [9.17, 15) is 4.79 Å². The molecule has 6 nitrogen and oxygen atoms in total. The van der Waals surface area contributed by atoms with Crippen LogP contribution in [0, 0.1) is 11.3 Å². The maximum absolute atomic E-state index is 11.9. The van der Waals surface area contributed by atoms with Crippen molar-refractivity contribution in [3.63, 3.8) is 0 Å². The third-order valence-corrected chi connectivity index (χ3v) is 3.36. The molecule has 2 rings (SSSR count). The Labute approximate surface area is 112 Å². The van der Waals surface area contributed by atoms with Gasteiger partial charge in [0.2, 0.25) is 0 Å². The van der Waals surface area contributed by atoms with Gasteiger partial charge in [0.1, 0.15) is 0 Å². The first-order valence-electron chi connectivity index (χ1n) is 6.46. The van der Waals surface area contributed by atoms with Crippen molar-refractivity contribution < 1.29 is 4.74 Å². The fourth-order valence-electron chi connectivity index (χ4n) is 2.23. The molecule has 1 atom stereocenters. The van der Waals surface area contributed by atoms with E-state index >= 15 is 0 Å². The van der Waals surface area contributed by atoms with Crippen molar-refractivity contribution in [1.29, 1.82) is 5.26 Å². The van der Waals surface area contributed by atoms with Gasteiger partial charge in [-0.1, -0.05) is 0 Å².